The van der Waals surface area contributed by atoms with Crippen molar-refractivity contribution in [2.75, 3.05) is 5.32 Å². The van der Waals surface area contributed by atoms with Crippen molar-refractivity contribution in [2.24, 2.45) is 0 Å². The second-order valence-corrected chi connectivity index (χ2v) is 4.03. The maximum absolute atomic E-state index is 5.75. The lowest BCUT2D eigenvalue weighted by atomic mass is 10.1. The third-order valence-electron chi connectivity index (χ3n) is 2.41. The number of para-hydroxylation sites is 1. The number of nitrogens with zero attached hydrogens (tertiary/aromatic N) is 1. The molecule has 82 valence electrons. The highest BCUT2D eigenvalue weighted by Gasteiger charge is 2.04. The molecule has 1 N–H and O–H groups in total. The van der Waals surface area contributed by atoms with Crippen LogP contribution in [0.5, 0.6) is 0 Å². The highest BCUT2D eigenvalue weighted by molar-refractivity contribution is 6.29. The summed E-state index contributed by atoms with van der Waals surface area (Å²) in [5, 5.41) is 3.92. The van der Waals surface area contributed by atoms with Crippen molar-refractivity contribution in [1.82, 2.24) is 4.98 Å². The van der Waals surface area contributed by atoms with Gasteiger partial charge in [0.25, 0.3) is 0 Å². The van der Waals surface area contributed by atoms with E-state index in [2.05, 4.69) is 17.2 Å². The van der Waals surface area contributed by atoms with Gasteiger partial charge in [0.1, 0.15) is 5.15 Å². The molecule has 0 saturated heterocycles. The molecule has 0 aliphatic rings. The van der Waals surface area contributed by atoms with E-state index in [4.69, 9.17) is 11.6 Å². The molecule has 0 radical (unpaired) electrons. The Labute approximate surface area is 100 Å². The summed E-state index contributed by atoms with van der Waals surface area (Å²) in [5.41, 5.74) is 2.22. The first-order valence-corrected chi connectivity index (χ1v) is 5.56. The van der Waals surface area contributed by atoms with Gasteiger partial charge in [-0.25, -0.2) is 4.98 Å². The van der Waals surface area contributed by atoms with E-state index in [9.17, 15) is 0 Å². The Balaban J connectivity index is 2.09. The lowest BCUT2D eigenvalue weighted by Crippen LogP contribution is -2.06. The van der Waals surface area contributed by atoms with Crippen LogP contribution in [0.25, 0.3) is 0 Å². The van der Waals surface area contributed by atoms with E-state index < -0.39 is 0 Å². The van der Waals surface area contributed by atoms with Crippen LogP contribution in [0.15, 0.2) is 48.7 Å². The molecule has 1 aromatic carbocycles. The van der Waals surface area contributed by atoms with Gasteiger partial charge in [-0.2, -0.15) is 0 Å². The molecule has 2 aromatic rings. The Morgan fingerprint density at radius 3 is 2.50 bits per heavy atom. The first-order valence-electron chi connectivity index (χ1n) is 5.19. The van der Waals surface area contributed by atoms with Crippen LogP contribution in [0.1, 0.15) is 18.5 Å². The summed E-state index contributed by atoms with van der Waals surface area (Å²) in [6, 6.07) is 14.1. The van der Waals surface area contributed by atoms with E-state index in [0.29, 0.717) is 5.15 Å². The molecule has 2 rings (SSSR count). The molecule has 1 heterocycles. The fraction of sp³-hybridized carbons (Fsp3) is 0.154. The van der Waals surface area contributed by atoms with Gasteiger partial charge in [-0.3, -0.25) is 0 Å². The number of halogens is 1. The molecule has 0 bridgehead atoms. The summed E-state index contributed by atoms with van der Waals surface area (Å²) in [4.78, 5) is 4.07. The van der Waals surface area contributed by atoms with Crippen molar-refractivity contribution in [2.45, 2.75) is 13.0 Å². The predicted molar refractivity (Wildman–Crippen MR) is 67.7 cm³/mol. The lowest BCUT2D eigenvalue weighted by Gasteiger charge is -2.15. The molecule has 1 atom stereocenters. The molecular formula is C13H13ClN2. The number of anilines is 1. The average molecular weight is 233 g/mol. The van der Waals surface area contributed by atoms with Gasteiger partial charge in [-0.15, -0.1) is 0 Å². The third-order valence-corrected chi connectivity index (χ3v) is 2.63. The molecule has 0 saturated carbocycles. The molecule has 16 heavy (non-hydrogen) atoms. The minimum absolute atomic E-state index is 0.215. The van der Waals surface area contributed by atoms with Gasteiger partial charge < -0.3 is 5.32 Å². The molecule has 1 unspecified atom stereocenters. The minimum Gasteiger partial charge on any atom is -0.378 e. The quantitative estimate of drug-likeness (QED) is 0.812. The Hall–Kier alpha value is -1.54. The van der Waals surface area contributed by atoms with E-state index in [1.165, 1.54) is 0 Å². The van der Waals surface area contributed by atoms with Gasteiger partial charge in [-0.1, -0.05) is 35.9 Å². The van der Waals surface area contributed by atoms with Gasteiger partial charge in [0.05, 0.1) is 6.04 Å². The van der Waals surface area contributed by atoms with Crippen molar-refractivity contribution < 1.29 is 0 Å². The highest BCUT2D eigenvalue weighted by Crippen LogP contribution is 2.18. The molecule has 0 spiro atoms. The normalized spacial score (nSPS) is 12.1. The zero-order valence-electron chi connectivity index (χ0n) is 9.02. The molecule has 0 amide bonds. The molecule has 1 aromatic heterocycles. The zero-order chi connectivity index (χ0) is 11.4. The monoisotopic (exact) mass is 232 g/mol. The number of nitrogens with one attached hydrogen (secondary N) is 1. The third kappa shape index (κ3) is 2.74. The molecule has 0 fully saturated rings. The van der Waals surface area contributed by atoms with Crippen molar-refractivity contribution in [3.63, 3.8) is 0 Å². The van der Waals surface area contributed by atoms with E-state index in [-0.39, 0.29) is 6.04 Å². The molecular weight excluding hydrogens is 220 g/mol. The van der Waals surface area contributed by atoms with E-state index in [1.807, 2.05) is 36.4 Å². The Morgan fingerprint density at radius 1 is 1.12 bits per heavy atom. The summed E-state index contributed by atoms with van der Waals surface area (Å²) in [7, 11) is 0. The smallest absolute Gasteiger partial charge is 0.129 e. The minimum atomic E-state index is 0.215. The average Bonchev–Trinajstić information content (AvgIpc) is 2.31. The molecule has 2 nitrogen and oxygen atoms in total. The fourth-order valence-corrected chi connectivity index (χ4v) is 1.62. The molecule has 0 aliphatic heterocycles. The van der Waals surface area contributed by atoms with Crippen molar-refractivity contribution in [3.8, 4) is 0 Å². The summed E-state index contributed by atoms with van der Waals surface area (Å²) >= 11 is 5.75. The number of hydrogen-bond acceptors (Lipinski definition) is 2. The number of hydrogen-bond donors (Lipinski definition) is 1. The summed E-state index contributed by atoms with van der Waals surface area (Å²) in [6.45, 7) is 2.10. The standard InChI is InChI=1S/C13H13ClN2/c1-10(11-7-8-13(14)15-9-11)16-12-5-3-2-4-6-12/h2-10,16H,1H3. The van der Waals surface area contributed by atoms with Crippen LogP contribution in [-0.2, 0) is 0 Å². The second kappa shape index (κ2) is 4.99. The van der Waals surface area contributed by atoms with Gasteiger partial charge in [0, 0.05) is 11.9 Å². The lowest BCUT2D eigenvalue weighted by molar-refractivity contribution is 0.876. The van der Waals surface area contributed by atoms with E-state index in [1.54, 1.807) is 12.3 Å². The highest BCUT2D eigenvalue weighted by atomic mass is 35.5. The SMILES string of the molecule is CC(Nc1ccccc1)c1ccc(Cl)nc1. The van der Waals surface area contributed by atoms with Gasteiger partial charge in [0.15, 0.2) is 0 Å². The maximum atomic E-state index is 5.75. The van der Waals surface area contributed by atoms with Crippen LogP contribution in [0.3, 0.4) is 0 Å². The largest absolute Gasteiger partial charge is 0.378 e. The molecule has 3 heteroatoms. The van der Waals surface area contributed by atoms with Gasteiger partial charge >= 0.3 is 0 Å². The van der Waals surface area contributed by atoms with Gasteiger partial charge in [-0.05, 0) is 30.7 Å². The van der Waals surface area contributed by atoms with Crippen LogP contribution in [-0.4, -0.2) is 4.98 Å². The first kappa shape index (κ1) is 11.0. The van der Waals surface area contributed by atoms with Crippen molar-refractivity contribution in [3.05, 3.63) is 59.4 Å². The van der Waals surface area contributed by atoms with Crippen LogP contribution in [0, 0.1) is 0 Å². The summed E-state index contributed by atoms with van der Waals surface area (Å²) in [5.74, 6) is 0. The number of aromatic nitrogens is 1. The Morgan fingerprint density at radius 2 is 1.88 bits per heavy atom. The van der Waals surface area contributed by atoms with Crippen LogP contribution >= 0.6 is 11.6 Å². The zero-order valence-corrected chi connectivity index (χ0v) is 9.78. The van der Waals surface area contributed by atoms with Crippen LogP contribution in [0.2, 0.25) is 5.15 Å². The number of pyridine rings is 1. The predicted octanol–water partition coefficient (Wildman–Crippen LogP) is 3.91. The van der Waals surface area contributed by atoms with Crippen LogP contribution in [0.4, 0.5) is 5.69 Å². The maximum Gasteiger partial charge on any atom is 0.129 e. The number of rotatable bonds is 3. The van der Waals surface area contributed by atoms with E-state index in [0.717, 1.165) is 11.3 Å². The second-order valence-electron chi connectivity index (χ2n) is 3.65. The number of benzene rings is 1. The van der Waals surface area contributed by atoms with E-state index >= 15 is 0 Å². The van der Waals surface area contributed by atoms with Gasteiger partial charge in [0.2, 0.25) is 0 Å². The summed E-state index contributed by atoms with van der Waals surface area (Å²) < 4.78 is 0. The fourth-order valence-electron chi connectivity index (χ4n) is 1.51. The Kier molecular flexibility index (Phi) is 3.42. The molecule has 0 aliphatic carbocycles. The van der Waals surface area contributed by atoms with Crippen LogP contribution < -0.4 is 5.32 Å². The first-order chi connectivity index (χ1) is 7.75. The van der Waals surface area contributed by atoms with Crippen molar-refractivity contribution >= 4 is 17.3 Å². The Bertz CT molecular complexity index is 439. The topological polar surface area (TPSA) is 24.9 Å². The summed E-state index contributed by atoms with van der Waals surface area (Å²) in [6.07, 6.45) is 1.79. The van der Waals surface area contributed by atoms with Crippen molar-refractivity contribution in [1.29, 1.82) is 0 Å².